The SMILES string of the molecule is C#Cc1c(F)ccc2cc(O)cc(-c3nc(OC)c4c(N5CCOCC(O)C5)nc(OCC56CCCC5N(C5CC(C)(CO)C5)CCC6)nc4c3F)c12.CC.CCC. The molecule has 3 atom stereocenters. The Kier molecular flexibility index (Phi) is 13.6. The molecule has 3 N–H and O–H groups in total. The van der Waals surface area contributed by atoms with Crippen LogP contribution in [0.1, 0.15) is 91.5 Å². The van der Waals surface area contributed by atoms with Crippen molar-refractivity contribution in [1.82, 2.24) is 19.9 Å². The van der Waals surface area contributed by atoms with E-state index >= 15 is 8.78 Å². The highest BCUT2D eigenvalue weighted by molar-refractivity contribution is 6.04. The van der Waals surface area contributed by atoms with Gasteiger partial charge in [-0.3, -0.25) is 4.90 Å². The number of aliphatic hydroxyl groups excluding tert-OH is 2. The minimum atomic E-state index is -0.863. The second kappa shape index (κ2) is 18.3. The third kappa shape index (κ3) is 8.26. The van der Waals surface area contributed by atoms with Crippen LogP contribution >= 0.6 is 0 Å². The number of likely N-dealkylation sites (tertiary alicyclic amines) is 1. The number of rotatable bonds is 8. The van der Waals surface area contributed by atoms with Crippen molar-refractivity contribution >= 4 is 27.5 Å². The number of aromatic nitrogens is 3. The summed E-state index contributed by atoms with van der Waals surface area (Å²) in [6.07, 6.45) is 13.2. The molecule has 2 aromatic heterocycles. The maximum absolute atomic E-state index is 17.2. The summed E-state index contributed by atoms with van der Waals surface area (Å²) in [6.45, 7) is 12.9. The van der Waals surface area contributed by atoms with E-state index in [1.807, 2.05) is 13.8 Å². The number of pyridine rings is 1. The van der Waals surface area contributed by atoms with Crippen molar-refractivity contribution in [2.24, 2.45) is 10.8 Å². The molecule has 2 saturated carbocycles. The molecule has 0 amide bonds. The van der Waals surface area contributed by atoms with Gasteiger partial charge in [0.25, 0.3) is 0 Å². The van der Waals surface area contributed by atoms with Crippen LogP contribution in [0.5, 0.6) is 17.6 Å². The van der Waals surface area contributed by atoms with Gasteiger partial charge in [0.05, 0.1) is 38.6 Å². The Hall–Kier alpha value is -4.35. The summed E-state index contributed by atoms with van der Waals surface area (Å²) in [5, 5.41) is 32.1. The van der Waals surface area contributed by atoms with Gasteiger partial charge in [0.15, 0.2) is 5.82 Å². The molecule has 4 heterocycles. The number of methoxy groups -OCH3 is 1. The maximum atomic E-state index is 17.2. The molecule has 314 valence electrons. The van der Waals surface area contributed by atoms with Crippen LogP contribution in [0.2, 0.25) is 0 Å². The first-order chi connectivity index (χ1) is 28.0. The summed E-state index contributed by atoms with van der Waals surface area (Å²) in [7, 11) is 1.39. The molecule has 4 aliphatic rings. The van der Waals surface area contributed by atoms with E-state index in [9.17, 15) is 15.3 Å². The lowest BCUT2D eigenvalue weighted by molar-refractivity contribution is -0.0884. The van der Waals surface area contributed by atoms with Crippen molar-refractivity contribution in [3.63, 3.8) is 0 Å². The van der Waals surface area contributed by atoms with Crippen molar-refractivity contribution in [3.8, 4) is 41.2 Å². The molecule has 4 aromatic rings. The molecule has 2 aliphatic carbocycles. The topological polar surface area (TPSA) is 134 Å². The smallest absolute Gasteiger partial charge is 0.319 e. The quantitative estimate of drug-likeness (QED) is 0.152. The van der Waals surface area contributed by atoms with E-state index in [0.717, 1.165) is 51.5 Å². The van der Waals surface area contributed by atoms with Crippen LogP contribution in [0, 0.1) is 34.8 Å². The molecule has 11 nitrogen and oxygen atoms in total. The standard InChI is InChI=1S/C40H45F2N5O6.C3H8.C2H6/c1-4-27-29(41)9-8-23-15-25(49)16-28(31(23)27)34-33(42)35-32(37(43-34)51-3)36(46-13-14-52-20-26(50)19-46)45-38(44-35)53-22-40-10-5-7-30(40)47(12-6-11-40)24-17-39(2,18-24)21-48;1-3-2;1-2/h1,8-9,15-16,24,26,30,48-50H,5-7,10-14,17-22H2,2-3H3;3H2,1-2H3;1-2H3. The zero-order valence-electron chi connectivity index (χ0n) is 34.8. The average Bonchev–Trinajstić information content (AvgIpc) is 3.53. The molecule has 58 heavy (non-hydrogen) atoms. The zero-order chi connectivity index (χ0) is 41.8. The van der Waals surface area contributed by atoms with Crippen LogP contribution in [0.15, 0.2) is 24.3 Å². The average molecular weight is 804 g/mol. The Bertz CT molecular complexity index is 2120. The van der Waals surface area contributed by atoms with Gasteiger partial charge in [0, 0.05) is 48.1 Å². The van der Waals surface area contributed by atoms with E-state index in [0.29, 0.717) is 37.2 Å². The van der Waals surface area contributed by atoms with Crippen LogP contribution in [0.25, 0.3) is 32.9 Å². The van der Waals surface area contributed by atoms with Crippen LogP contribution < -0.4 is 14.4 Å². The third-order valence-electron chi connectivity index (χ3n) is 12.1. The minimum Gasteiger partial charge on any atom is -0.508 e. The fraction of sp³-hybridized carbons (Fsp3) is 0.578. The number of anilines is 1. The van der Waals surface area contributed by atoms with Crippen molar-refractivity contribution < 1.29 is 38.3 Å². The molecule has 2 aromatic carbocycles. The molecular formula is C45H59F2N5O6. The van der Waals surface area contributed by atoms with Gasteiger partial charge < -0.3 is 34.4 Å². The number of hydrogen-bond donors (Lipinski definition) is 3. The summed E-state index contributed by atoms with van der Waals surface area (Å²) in [6, 6.07) is 6.09. The fourth-order valence-electron chi connectivity index (χ4n) is 9.49. The van der Waals surface area contributed by atoms with Crippen LogP contribution in [0.3, 0.4) is 0 Å². The predicted molar refractivity (Wildman–Crippen MR) is 222 cm³/mol. The number of aromatic hydroxyl groups is 1. The number of nitrogens with zero attached hydrogens (tertiary/aromatic N) is 5. The highest BCUT2D eigenvalue weighted by atomic mass is 19.1. The largest absolute Gasteiger partial charge is 0.508 e. The maximum Gasteiger partial charge on any atom is 0.319 e. The number of phenols is 1. The Morgan fingerprint density at radius 2 is 1.79 bits per heavy atom. The van der Waals surface area contributed by atoms with Gasteiger partial charge >= 0.3 is 6.01 Å². The number of halogens is 2. The lowest BCUT2D eigenvalue weighted by atomic mass is 9.65. The van der Waals surface area contributed by atoms with E-state index in [1.54, 1.807) is 4.90 Å². The number of piperidine rings is 1. The minimum absolute atomic E-state index is 0.0134. The summed E-state index contributed by atoms with van der Waals surface area (Å²) in [5.41, 5.74) is -0.593. The second-order valence-electron chi connectivity index (χ2n) is 16.3. The first kappa shape index (κ1) is 43.2. The summed E-state index contributed by atoms with van der Waals surface area (Å²) in [4.78, 5) is 18.5. The molecule has 2 saturated heterocycles. The first-order valence-corrected chi connectivity index (χ1v) is 20.9. The third-order valence-corrected chi connectivity index (χ3v) is 12.1. The lowest BCUT2D eigenvalue weighted by Gasteiger charge is -2.56. The van der Waals surface area contributed by atoms with E-state index < -0.39 is 17.7 Å². The number of β-amino-alcohol motifs (C(OH)–C–C–N with tert-alkyl or cyclic N) is 1. The molecule has 3 unspecified atom stereocenters. The van der Waals surface area contributed by atoms with E-state index in [2.05, 4.69) is 41.6 Å². The number of benzene rings is 2. The molecule has 0 radical (unpaired) electrons. The van der Waals surface area contributed by atoms with Gasteiger partial charge in [-0.1, -0.05) is 59.4 Å². The Morgan fingerprint density at radius 1 is 1.05 bits per heavy atom. The Morgan fingerprint density at radius 3 is 2.50 bits per heavy atom. The predicted octanol–water partition coefficient (Wildman–Crippen LogP) is 7.63. The zero-order valence-corrected chi connectivity index (χ0v) is 34.8. The highest BCUT2D eigenvalue weighted by Crippen LogP contribution is 2.53. The number of phenolic OH excluding ortho intramolecular Hbond substituents is 1. The van der Waals surface area contributed by atoms with Gasteiger partial charge in [0.2, 0.25) is 5.88 Å². The van der Waals surface area contributed by atoms with E-state index in [-0.39, 0.29) is 87.2 Å². The highest BCUT2D eigenvalue weighted by Gasteiger charge is 2.53. The monoisotopic (exact) mass is 803 g/mol. The number of aliphatic hydroxyl groups is 2. The van der Waals surface area contributed by atoms with E-state index in [1.165, 1.54) is 37.8 Å². The summed E-state index contributed by atoms with van der Waals surface area (Å²) >= 11 is 0. The van der Waals surface area contributed by atoms with Gasteiger partial charge in [0.1, 0.15) is 34.0 Å². The number of hydrogen-bond acceptors (Lipinski definition) is 11. The molecule has 13 heteroatoms. The second-order valence-corrected chi connectivity index (χ2v) is 16.3. The Balaban J connectivity index is 0.00000108. The van der Waals surface area contributed by atoms with Crippen LogP contribution in [-0.4, -0.2) is 107 Å². The molecular weight excluding hydrogens is 745 g/mol. The number of fused-ring (bicyclic) bond motifs is 3. The van der Waals surface area contributed by atoms with Crippen LogP contribution in [-0.2, 0) is 4.74 Å². The normalized spacial score (nSPS) is 25.7. The summed E-state index contributed by atoms with van der Waals surface area (Å²) in [5.74, 6) is 0.900. The molecule has 4 fully saturated rings. The lowest BCUT2D eigenvalue weighted by Crippen LogP contribution is -2.60. The van der Waals surface area contributed by atoms with Crippen LogP contribution in [0.4, 0.5) is 14.6 Å². The van der Waals surface area contributed by atoms with Gasteiger partial charge in [-0.15, -0.1) is 6.42 Å². The van der Waals surface area contributed by atoms with Crippen molar-refractivity contribution in [2.45, 2.75) is 104 Å². The molecule has 2 aliphatic heterocycles. The Labute approximate surface area is 340 Å². The number of terminal acetylenes is 1. The number of ether oxygens (including phenoxy) is 3. The molecule has 0 spiro atoms. The van der Waals surface area contributed by atoms with Crippen molar-refractivity contribution in [2.75, 3.05) is 58.1 Å². The first-order valence-electron chi connectivity index (χ1n) is 20.9. The van der Waals surface area contributed by atoms with Crippen molar-refractivity contribution in [1.29, 1.82) is 0 Å². The fourth-order valence-corrected chi connectivity index (χ4v) is 9.49. The summed E-state index contributed by atoms with van der Waals surface area (Å²) < 4.78 is 50.2. The van der Waals surface area contributed by atoms with Crippen molar-refractivity contribution in [3.05, 3.63) is 41.5 Å². The van der Waals surface area contributed by atoms with E-state index in [4.69, 9.17) is 25.6 Å². The molecule has 8 rings (SSSR count). The van der Waals surface area contributed by atoms with Gasteiger partial charge in [-0.2, -0.15) is 9.97 Å². The van der Waals surface area contributed by atoms with Gasteiger partial charge in [-0.25, -0.2) is 13.8 Å². The molecule has 0 bridgehead atoms. The van der Waals surface area contributed by atoms with Gasteiger partial charge in [-0.05, 0) is 74.1 Å².